The molecular formula is C9H9MoO4-5. The third-order valence-electron chi connectivity index (χ3n) is 0.556. The molecule has 14 heavy (non-hydrogen) atoms. The van der Waals surface area contributed by atoms with Gasteiger partial charge in [0.25, 0.3) is 0 Å². The molecule has 4 nitrogen and oxygen atoms in total. The summed E-state index contributed by atoms with van der Waals surface area (Å²) in [5.74, 6) is 0. The van der Waals surface area contributed by atoms with Crippen LogP contribution in [0.3, 0.4) is 0 Å². The molecule has 1 aromatic rings. The minimum Gasteiger partial charge on any atom is -0.545 e. The van der Waals surface area contributed by atoms with Crippen LogP contribution >= 0.6 is 0 Å². The second-order valence-electron chi connectivity index (χ2n) is 0.962. The zero-order valence-corrected chi connectivity index (χ0v) is 9.24. The zero-order chi connectivity index (χ0) is 11.5. The first-order valence-electron chi connectivity index (χ1n) is 2.61. The first-order valence-corrected chi connectivity index (χ1v) is 2.61. The Hall–Kier alpha value is -1.28. The molecule has 0 heterocycles. The van der Waals surface area contributed by atoms with Crippen LogP contribution in [0.25, 0.3) is 0 Å². The summed E-state index contributed by atoms with van der Waals surface area (Å²) < 4.78 is 0. The third-order valence-corrected chi connectivity index (χ3v) is 0.556. The molecule has 0 aliphatic heterocycles. The number of rotatable bonds is 0. The molecule has 0 aliphatic carbocycles. The molecular weight excluding hydrogens is 268 g/mol. The second kappa shape index (κ2) is 97.4. The zero-order valence-electron chi connectivity index (χ0n) is 7.24. The summed E-state index contributed by atoms with van der Waals surface area (Å²) in [6.45, 7) is 13.0. The average Bonchev–Trinajstić information content (AvgIpc) is 2.87. The van der Waals surface area contributed by atoms with Gasteiger partial charge in [0.05, 0.1) is 0 Å². The molecule has 80 valence electrons. The molecule has 0 atom stereocenters. The molecule has 5 heteroatoms. The summed E-state index contributed by atoms with van der Waals surface area (Å²) in [6.07, 6.45) is 0. The molecule has 0 unspecified atom stereocenters. The summed E-state index contributed by atoms with van der Waals surface area (Å²) in [6, 6.07) is 10.0. The van der Waals surface area contributed by atoms with Gasteiger partial charge in [-0.1, -0.05) is 0 Å². The minimum atomic E-state index is 0. The number of hydrogen-bond acceptors (Lipinski definition) is 4. The van der Waals surface area contributed by atoms with Gasteiger partial charge in [-0.3, -0.25) is 27.2 Å². The van der Waals surface area contributed by atoms with E-state index in [1.807, 2.05) is 30.3 Å². The van der Waals surface area contributed by atoms with Crippen LogP contribution in [0.15, 0.2) is 30.3 Å². The van der Waals surface area contributed by atoms with Gasteiger partial charge in [0.1, 0.15) is 0 Å². The monoisotopic (exact) mass is 279 g/mol. The Labute approximate surface area is 97.9 Å². The fourth-order valence-corrected chi connectivity index (χ4v) is 0.321. The van der Waals surface area contributed by atoms with E-state index in [9.17, 15) is 0 Å². The fourth-order valence-electron chi connectivity index (χ4n) is 0.321. The van der Waals surface area contributed by atoms with E-state index < -0.39 is 0 Å². The molecule has 0 spiro atoms. The molecule has 0 radical (unpaired) electrons. The summed E-state index contributed by atoms with van der Waals surface area (Å²) in [5, 5.41) is 0. The van der Waals surface area contributed by atoms with Gasteiger partial charge in [0, 0.05) is 21.1 Å². The average molecular weight is 277 g/mol. The molecule has 0 saturated carbocycles. The van der Waals surface area contributed by atoms with Crippen molar-refractivity contribution in [3.63, 3.8) is 0 Å². The Balaban J connectivity index is -0.0000000267. The topological polar surface area (TPSA) is 68.3 Å². The van der Waals surface area contributed by atoms with Crippen LogP contribution < -0.4 is 0 Å². The van der Waals surface area contributed by atoms with E-state index >= 15 is 0 Å². The SMILES string of the molecule is [CH-]=O.[CH-]=O.[CH-]=O.[CH-]=O.[Mo].c1cc[cH-]c1. The van der Waals surface area contributed by atoms with Crippen LogP contribution in [0.4, 0.5) is 0 Å². The van der Waals surface area contributed by atoms with Crippen molar-refractivity contribution < 1.29 is 40.2 Å². The van der Waals surface area contributed by atoms with Crippen molar-refractivity contribution in [3.05, 3.63) is 30.3 Å². The molecule has 1 rings (SSSR count). The Bertz CT molecular complexity index is 108. The summed E-state index contributed by atoms with van der Waals surface area (Å²) >= 11 is 0. The predicted molar refractivity (Wildman–Crippen MR) is 49.0 cm³/mol. The van der Waals surface area contributed by atoms with Crippen LogP contribution in [-0.2, 0) is 40.2 Å². The van der Waals surface area contributed by atoms with Crippen molar-refractivity contribution in [2.45, 2.75) is 0 Å². The first-order chi connectivity index (χ1) is 6.50. The number of hydrogen-bond donors (Lipinski definition) is 0. The molecule has 0 saturated heterocycles. The van der Waals surface area contributed by atoms with Gasteiger partial charge in [-0.15, -0.1) is 0 Å². The molecule has 0 amide bonds. The third kappa shape index (κ3) is 73.2. The molecule has 0 aromatic heterocycles. The Morgan fingerprint density at radius 2 is 0.857 bits per heavy atom. The van der Waals surface area contributed by atoms with E-state index in [2.05, 4.69) is 27.2 Å². The van der Waals surface area contributed by atoms with Crippen molar-refractivity contribution in [3.8, 4) is 0 Å². The van der Waals surface area contributed by atoms with Crippen LogP contribution in [0.1, 0.15) is 0 Å². The van der Waals surface area contributed by atoms with Crippen LogP contribution in [0, 0.1) is 0 Å². The molecule has 0 fully saturated rings. The van der Waals surface area contributed by atoms with Crippen molar-refractivity contribution in [1.29, 1.82) is 0 Å². The Kier molecular flexibility index (Phi) is 204. The van der Waals surface area contributed by atoms with E-state index in [1.165, 1.54) is 0 Å². The summed E-state index contributed by atoms with van der Waals surface area (Å²) in [4.78, 5) is 31.0. The van der Waals surface area contributed by atoms with Crippen molar-refractivity contribution in [2.75, 3.05) is 0 Å². The molecule has 0 aliphatic rings. The van der Waals surface area contributed by atoms with Crippen LogP contribution in [0.2, 0.25) is 0 Å². The van der Waals surface area contributed by atoms with Crippen LogP contribution in [-0.4, -0.2) is 27.2 Å². The standard InChI is InChI=1S/C5H5.4CHO.Mo/c1-2-4-5-3-1;4*1-2;/h1-5H;4*1H;/q5*-1;. The van der Waals surface area contributed by atoms with Gasteiger partial charge in [0.2, 0.25) is 0 Å². The Morgan fingerprint density at radius 3 is 0.929 bits per heavy atom. The minimum absolute atomic E-state index is 0. The normalized spacial score (nSPS) is 4.00. The van der Waals surface area contributed by atoms with Gasteiger partial charge >= 0.3 is 0 Å². The largest absolute Gasteiger partial charge is 0.545 e. The maximum absolute atomic E-state index is 7.75. The quantitative estimate of drug-likeness (QED) is 0.389. The summed E-state index contributed by atoms with van der Waals surface area (Å²) in [5.41, 5.74) is 0. The smallest absolute Gasteiger partial charge is 0 e. The first kappa shape index (κ1) is 29.3. The second-order valence-corrected chi connectivity index (χ2v) is 0.962. The predicted octanol–water partition coefficient (Wildman–Crippen LogP) is 0.307. The molecule has 1 aromatic carbocycles. The van der Waals surface area contributed by atoms with E-state index in [0.717, 1.165) is 0 Å². The molecule has 0 bridgehead atoms. The van der Waals surface area contributed by atoms with Gasteiger partial charge in [-0.2, -0.15) is 18.2 Å². The maximum Gasteiger partial charge on any atom is 0 e. The van der Waals surface area contributed by atoms with Crippen molar-refractivity contribution in [1.82, 2.24) is 0 Å². The van der Waals surface area contributed by atoms with Crippen molar-refractivity contribution >= 4 is 27.2 Å². The Morgan fingerprint density at radius 1 is 0.643 bits per heavy atom. The fraction of sp³-hybridized carbons (Fsp3) is 0. The number of carbonyl (C=O) groups excluding carboxylic acids is 4. The van der Waals surface area contributed by atoms with E-state index in [0.29, 0.717) is 0 Å². The maximum atomic E-state index is 7.75. The van der Waals surface area contributed by atoms with Crippen molar-refractivity contribution in [2.24, 2.45) is 0 Å². The van der Waals surface area contributed by atoms with Gasteiger partial charge < -0.3 is 19.2 Å². The van der Waals surface area contributed by atoms with E-state index in [1.54, 1.807) is 0 Å². The van der Waals surface area contributed by atoms with Crippen LogP contribution in [0.5, 0.6) is 0 Å². The summed E-state index contributed by atoms with van der Waals surface area (Å²) in [7, 11) is 0. The van der Waals surface area contributed by atoms with E-state index in [-0.39, 0.29) is 21.1 Å². The van der Waals surface area contributed by atoms with Gasteiger partial charge in [-0.25, -0.2) is 12.1 Å². The van der Waals surface area contributed by atoms with Gasteiger partial charge in [-0.05, 0) is 0 Å². The molecule has 0 N–H and O–H groups in total. The van der Waals surface area contributed by atoms with Gasteiger partial charge in [0.15, 0.2) is 0 Å². The van der Waals surface area contributed by atoms with E-state index in [4.69, 9.17) is 19.2 Å².